The zero-order chi connectivity index (χ0) is 15.1. The molecule has 0 radical (unpaired) electrons. The van der Waals surface area contributed by atoms with E-state index in [1.807, 2.05) is 52.8 Å². The molecule has 108 valence electrons. The third-order valence-electron chi connectivity index (χ3n) is 4.11. The first-order valence-corrected chi connectivity index (χ1v) is 6.86. The average Bonchev–Trinajstić information content (AvgIpc) is 2.50. The molecule has 1 N–H and O–H groups in total. The van der Waals surface area contributed by atoms with Crippen LogP contribution in [0.2, 0.25) is 0 Å². The highest BCUT2D eigenvalue weighted by Gasteiger charge is 2.52. The molecular weight excluding hydrogens is 253 g/mol. The van der Waals surface area contributed by atoms with E-state index in [1.165, 1.54) is 6.92 Å². The van der Waals surface area contributed by atoms with Crippen LogP contribution in [0.15, 0.2) is 18.2 Å². The largest absolute Gasteiger partial charge is 0.495 e. The lowest BCUT2D eigenvalue weighted by molar-refractivity contribution is -0.114. The van der Waals surface area contributed by atoms with Gasteiger partial charge in [-0.2, -0.15) is 0 Å². The van der Waals surface area contributed by atoms with E-state index in [9.17, 15) is 4.79 Å². The van der Waals surface area contributed by atoms with Crippen LogP contribution in [0.25, 0.3) is 0 Å². The van der Waals surface area contributed by atoms with Crippen LogP contribution < -0.4 is 10.8 Å². The van der Waals surface area contributed by atoms with Crippen LogP contribution in [-0.4, -0.2) is 24.2 Å². The van der Waals surface area contributed by atoms with E-state index >= 15 is 0 Å². The topological polar surface area (TPSA) is 47.6 Å². The second-order valence-electron chi connectivity index (χ2n) is 6.34. The van der Waals surface area contributed by atoms with Crippen LogP contribution >= 0.6 is 0 Å². The molecule has 2 rings (SSSR count). The summed E-state index contributed by atoms with van der Waals surface area (Å²) >= 11 is 0. The van der Waals surface area contributed by atoms with Crippen molar-refractivity contribution in [2.75, 3.05) is 5.32 Å². The van der Waals surface area contributed by atoms with E-state index in [0.717, 1.165) is 16.7 Å². The summed E-state index contributed by atoms with van der Waals surface area (Å²) < 4.78 is 12.1. The van der Waals surface area contributed by atoms with Gasteiger partial charge in [-0.05, 0) is 52.2 Å². The summed E-state index contributed by atoms with van der Waals surface area (Å²) in [6.07, 6.45) is 0. The molecule has 0 bridgehead atoms. The molecule has 0 aliphatic carbocycles. The molecule has 4 nitrogen and oxygen atoms in total. The van der Waals surface area contributed by atoms with Gasteiger partial charge in [0, 0.05) is 12.6 Å². The number of amides is 1. The number of hydrogen-bond acceptors (Lipinski definition) is 3. The lowest BCUT2D eigenvalue weighted by Gasteiger charge is -2.32. The van der Waals surface area contributed by atoms with Gasteiger partial charge in [0.25, 0.3) is 0 Å². The second-order valence-corrected chi connectivity index (χ2v) is 6.34. The van der Waals surface area contributed by atoms with Crippen molar-refractivity contribution in [2.45, 2.75) is 52.7 Å². The van der Waals surface area contributed by atoms with Crippen molar-refractivity contribution in [3.05, 3.63) is 23.8 Å². The fraction of sp³-hybridized carbons (Fsp3) is 0.533. The van der Waals surface area contributed by atoms with Crippen molar-refractivity contribution in [2.24, 2.45) is 0 Å². The Morgan fingerprint density at radius 2 is 1.70 bits per heavy atom. The standard InChI is InChI=1S/C15H22BNO3/c1-10-7-8-12(17-11(2)18)9-13(10)16-19-14(3,4)15(5,6)20-16/h7-9H,1-6H3,(H,17,18). The molecule has 0 spiro atoms. The molecule has 1 amide bonds. The second kappa shape index (κ2) is 4.90. The molecule has 1 aromatic rings. The minimum atomic E-state index is -0.409. The first-order valence-electron chi connectivity index (χ1n) is 6.86. The minimum Gasteiger partial charge on any atom is -0.399 e. The summed E-state index contributed by atoms with van der Waals surface area (Å²) in [5.74, 6) is -0.0891. The number of anilines is 1. The maximum Gasteiger partial charge on any atom is 0.495 e. The van der Waals surface area contributed by atoms with Gasteiger partial charge in [0.15, 0.2) is 0 Å². The van der Waals surface area contributed by atoms with Crippen LogP contribution in [-0.2, 0) is 14.1 Å². The Balaban J connectivity index is 2.32. The van der Waals surface area contributed by atoms with Crippen molar-refractivity contribution in [3.8, 4) is 0 Å². The van der Waals surface area contributed by atoms with Crippen LogP contribution in [0.4, 0.5) is 5.69 Å². The first-order chi connectivity index (χ1) is 9.12. The Kier molecular flexibility index (Phi) is 3.69. The lowest BCUT2D eigenvalue weighted by Crippen LogP contribution is -2.41. The van der Waals surface area contributed by atoms with Gasteiger partial charge >= 0.3 is 7.12 Å². The summed E-state index contributed by atoms with van der Waals surface area (Å²) in [5, 5.41) is 2.79. The zero-order valence-electron chi connectivity index (χ0n) is 13.0. The number of hydrogen-bond donors (Lipinski definition) is 1. The summed E-state index contributed by atoms with van der Waals surface area (Å²) in [7, 11) is -0.409. The summed E-state index contributed by atoms with van der Waals surface area (Å²) in [4.78, 5) is 11.2. The van der Waals surface area contributed by atoms with E-state index < -0.39 is 7.12 Å². The molecule has 20 heavy (non-hydrogen) atoms. The lowest BCUT2D eigenvalue weighted by atomic mass is 9.76. The highest BCUT2D eigenvalue weighted by molar-refractivity contribution is 6.62. The van der Waals surface area contributed by atoms with Crippen LogP contribution in [0.3, 0.4) is 0 Å². The van der Waals surface area contributed by atoms with Gasteiger partial charge < -0.3 is 14.6 Å². The minimum absolute atomic E-state index is 0.0891. The molecule has 1 fully saturated rings. The van der Waals surface area contributed by atoms with Crippen molar-refractivity contribution < 1.29 is 14.1 Å². The molecule has 1 heterocycles. The maximum absolute atomic E-state index is 11.2. The summed E-state index contributed by atoms with van der Waals surface area (Å²) in [6, 6.07) is 5.76. The van der Waals surface area contributed by atoms with E-state index in [1.54, 1.807) is 0 Å². The smallest absolute Gasteiger partial charge is 0.399 e. The number of nitrogens with one attached hydrogen (secondary N) is 1. The molecule has 1 aliphatic heterocycles. The molecule has 5 heteroatoms. The Labute approximate surface area is 121 Å². The van der Waals surface area contributed by atoms with Crippen molar-refractivity contribution >= 4 is 24.2 Å². The van der Waals surface area contributed by atoms with Crippen molar-refractivity contribution in [3.63, 3.8) is 0 Å². The number of benzene rings is 1. The molecule has 0 unspecified atom stereocenters. The van der Waals surface area contributed by atoms with Gasteiger partial charge in [0.2, 0.25) is 5.91 Å². The van der Waals surface area contributed by atoms with E-state index in [4.69, 9.17) is 9.31 Å². The zero-order valence-corrected chi connectivity index (χ0v) is 13.0. The van der Waals surface area contributed by atoms with Crippen molar-refractivity contribution in [1.29, 1.82) is 0 Å². The molecule has 1 saturated heterocycles. The van der Waals surface area contributed by atoms with Gasteiger partial charge in [-0.25, -0.2) is 0 Å². The highest BCUT2D eigenvalue weighted by Crippen LogP contribution is 2.36. The summed E-state index contributed by atoms with van der Waals surface area (Å²) in [5.41, 5.74) is 2.06. The molecule has 1 aliphatic rings. The Morgan fingerprint density at radius 1 is 1.15 bits per heavy atom. The van der Waals surface area contributed by atoms with E-state index in [0.29, 0.717) is 0 Å². The monoisotopic (exact) mass is 275 g/mol. The van der Waals surface area contributed by atoms with Gasteiger partial charge in [-0.15, -0.1) is 0 Å². The molecule has 0 aromatic heterocycles. The van der Waals surface area contributed by atoms with E-state index in [-0.39, 0.29) is 17.1 Å². The third kappa shape index (κ3) is 2.74. The Morgan fingerprint density at radius 3 is 2.20 bits per heavy atom. The van der Waals surface area contributed by atoms with E-state index in [2.05, 4.69) is 5.32 Å². The normalized spacial score (nSPS) is 20.0. The SMILES string of the molecule is CC(=O)Nc1ccc(C)c(B2OC(C)(C)C(C)(C)O2)c1. The Bertz CT molecular complexity index is 524. The molecular formula is C15H22BNO3. The molecule has 0 atom stereocenters. The number of carbonyl (C=O) groups is 1. The van der Waals surface area contributed by atoms with Crippen LogP contribution in [0.5, 0.6) is 0 Å². The fourth-order valence-electron chi connectivity index (χ4n) is 2.15. The van der Waals surface area contributed by atoms with Crippen molar-refractivity contribution in [1.82, 2.24) is 0 Å². The molecule has 1 aromatic carbocycles. The first kappa shape index (κ1) is 15.1. The number of carbonyl (C=O) groups excluding carboxylic acids is 1. The van der Waals surface area contributed by atoms with Gasteiger partial charge in [0.1, 0.15) is 0 Å². The number of aryl methyl sites for hydroxylation is 1. The van der Waals surface area contributed by atoms with Gasteiger partial charge in [-0.3, -0.25) is 4.79 Å². The highest BCUT2D eigenvalue weighted by atomic mass is 16.7. The quantitative estimate of drug-likeness (QED) is 0.842. The predicted molar refractivity (Wildman–Crippen MR) is 81.2 cm³/mol. The number of rotatable bonds is 2. The predicted octanol–water partition coefficient (Wildman–Crippen LogP) is 2.25. The van der Waals surface area contributed by atoms with Crippen LogP contribution in [0.1, 0.15) is 40.2 Å². The van der Waals surface area contributed by atoms with Gasteiger partial charge in [0.05, 0.1) is 11.2 Å². The molecule has 0 saturated carbocycles. The average molecular weight is 275 g/mol. The van der Waals surface area contributed by atoms with Crippen LogP contribution in [0, 0.1) is 6.92 Å². The summed E-state index contributed by atoms with van der Waals surface area (Å²) in [6.45, 7) is 11.6. The Hall–Kier alpha value is -1.33. The fourth-order valence-corrected chi connectivity index (χ4v) is 2.15. The maximum atomic E-state index is 11.2. The third-order valence-corrected chi connectivity index (χ3v) is 4.11. The van der Waals surface area contributed by atoms with Gasteiger partial charge in [-0.1, -0.05) is 11.6 Å².